The predicted octanol–water partition coefficient (Wildman–Crippen LogP) is 2.48. The van der Waals surface area contributed by atoms with Gasteiger partial charge in [0, 0.05) is 11.3 Å². The van der Waals surface area contributed by atoms with Crippen LogP contribution < -0.4 is 0 Å². The van der Waals surface area contributed by atoms with E-state index in [2.05, 4.69) is 0 Å². The fraction of sp³-hybridized carbons (Fsp3) is 0.400. The lowest BCUT2D eigenvalue weighted by Gasteiger charge is -2.46. The number of ether oxygens (including phenoxy) is 3. The van der Waals surface area contributed by atoms with Crippen molar-refractivity contribution >= 4 is 11.8 Å². The molecule has 2 aliphatic heterocycles. The topological polar surface area (TPSA) is 68.2 Å². The fourth-order valence-corrected chi connectivity index (χ4v) is 4.38. The van der Waals surface area contributed by atoms with Gasteiger partial charge in [-0.25, -0.2) is 0 Å². The molecule has 2 aromatic rings. The molecule has 0 amide bonds. The van der Waals surface area contributed by atoms with Crippen molar-refractivity contribution in [2.45, 2.75) is 41.9 Å². The second-order valence-electron chi connectivity index (χ2n) is 6.50. The molecule has 2 aliphatic rings. The monoisotopic (exact) mass is 374 g/mol. The molecule has 2 fully saturated rings. The minimum Gasteiger partial charge on any atom is -0.387 e. The molecular weight excluding hydrogens is 352 g/mol. The van der Waals surface area contributed by atoms with Crippen molar-refractivity contribution in [1.29, 1.82) is 0 Å². The van der Waals surface area contributed by atoms with Crippen LogP contribution in [0.3, 0.4) is 0 Å². The molecule has 138 valence electrons. The quantitative estimate of drug-likeness (QED) is 0.857. The van der Waals surface area contributed by atoms with E-state index in [0.29, 0.717) is 12.4 Å². The molecule has 5 nitrogen and oxygen atoms in total. The van der Waals surface area contributed by atoms with Gasteiger partial charge in [-0.3, -0.25) is 0 Å². The normalized spacial score (nSPS) is 34.2. The van der Waals surface area contributed by atoms with E-state index in [1.54, 1.807) is 0 Å². The molecule has 4 rings (SSSR count). The van der Waals surface area contributed by atoms with Gasteiger partial charge in [-0.2, -0.15) is 0 Å². The summed E-state index contributed by atoms with van der Waals surface area (Å²) in [5.41, 5.74) is 1.50. The maximum atomic E-state index is 10.6. The van der Waals surface area contributed by atoms with E-state index in [0.717, 1.165) is 11.1 Å². The number of hydrogen-bond donors (Lipinski definition) is 2. The van der Waals surface area contributed by atoms with Crippen molar-refractivity contribution in [3.8, 4) is 0 Å². The molecule has 0 aliphatic carbocycles. The molecule has 26 heavy (non-hydrogen) atoms. The minimum absolute atomic E-state index is 0.316. The van der Waals surface area contributed by atoms with Crippen LogP contribution >= 0.6 is 11.8 Å². The van der Waals surface area contributed by atoms with Crippen LogP contribution in [-0.4, -0.2) is 46.7 Å². The first-order valence-corrected chi connectivity index (χ1v) is 9.76. The maximum absolute atomic E-state index is 10.6. The summed E-state index contributed by atoms with van der Waals surface area (Å²) in [7, 11) is 0. The summed E-state index contributed by atoms with van der Waals surface area (Å²) in [6.45, 7) is 0.316. The lowest BCUT2D eigenvalue weighted by molar-refractivity contribution is -0.318. The summed E-state index contributed by atoms with van der Waals surface area (Å²) in [6.07, 6.45) is -3.60. The van der Waals surface area contributed by atoms with Crippen LogP contribution in [0, 0.1) is 0 Å². The molecule has 2 heterocycles. The molecular formula is C20H22O5S. The number of aliphatic hydroxyl groups excluding tert-OH is 2. The number of thioether (sulfide) groups is 1. The molecule has 2 saturated heterocycles. The van der Waals surface area contributed by atoms with E-state index >= 15 is 0 Å². The maximum Gasteiger partial charge on any atom is 0.184 e. The lowest BCUT2D eigenvalue weighted by atomic mass is 9.99. The van der Waals surface area contributed by atoms with E-state index in [-0.39, 0.29) is 0 Å². The first kappa shape index (κ1) is 18.0. The zero-order valence-corrected chi connectivity index (χ0v) is 15.0. The smallest absolute Gasteiger partial charge is 0.184 e. The van der Waals surface area contributed by atoms with Crippen LogP contribution in [0.5, 0.6) is 0 Å². The highest BCUT2D eigenvalue weighted by Crippen LogP contribution is 2.37. The summed E-state index contributed by atoms with van der Waals surface area (Å²) in [5, 5.41) is 21.1. The highest BCUT2D eigenvalue weighted by molar-refractivity contribution is 7.99. The molecule has 2 aromatic carbocycles. The van der Waals surface area contributed by atoms with E-state index in [1.165, 1.54) is 11.8 Å². The van der Waals surface area contributed by atoms with Gasteiger partial charge in [0.15, 0.2) is 6.29 Å². The predicted molar refractivity (Wildman–Crippen MR) is 98.4 cm³/mol. The zero-order chi connectivity index (χ0) is 17.9. The first-order chi connectivity index (χ1) is 12.7. The average molecular weight is 374 g/mol. The number of fused-ring (bicyclic) bond motifs is 1. The lowest BCUT2D eigenvalue weighted by Crippen LogP contribution is -2.60. The van der Waals surface area contributed by atoms with E-state index in [1.807, 2.05) is 60.7 Å². The Morgan fingerprint density at radius 3 is 2.31 bits per heavy atom. The fourth-order valence-electron chi connectivity index (χ4n) is 3.25. The van der Waals surface area contributed by atoms with Crippen molar-refractivity contribution in [3.05, 3.63) is 71.8 Å². The number of aliphatic hydroxyl groups is 2. The van der Waals surface area contributed by atoms with Crippen LogP contribution in [0.15, 0.2) is 60.7 Å². The Bertz CT molecular complexity index is 696. The molecule has 0 aromatic heterocycles. The third-order valence-corrected chi connectivity index (χ3v) is 5.88. The highest BCUT2D eigenvalue weighted by atomic mass is 32.2. The second-order valence-corrected chi connectivity index (χ2v) is 7.58. The molecule has 0 bridgehead atoms. The van der Waals surface area contributed by atoms with Gasteiger partial charge in [0.25, 0.3) is 0 Å². The molecule has 0 unspecified atom stereocenters. The summed E-state index contributed by atoms with van der Waals surface area (Å²) >= 11 is 1.47. The summed E-state index contributed by atoms with van der Waals surface area (Å²) in [5.74, 6) is 0.695. The molecule has 0 spiro atoms. The molecule has 6 heteroatoms. The minimum atomic E-state index is -1.02. The number of benzene rings is 2. The Kier molecular flexibility index (Phi) is 5.59. The Morgan fingerprint density at radius 2 is 1.58 bits per heavy atom. The standard InChI is InChI=1S/C20H22O5S/c21-16-17(22)20(26-12-13-7-3-1-4-8-13)24-15-11-23-19(25-18(15)16)14-9-5-2-6-10-14/h1-10,15-22H,11-12H2/t15-,16-,17-,18-,19-,20+/m1/s1. The molecule has 0 radical (unpaired) electrons. The van der Waals surface area contributed by atoms with Gasteiger partial charge in [-0.1, -0.05) is 60.7 Å². The average Bonchev–Trinajstić information content (AvgIpc) is 2.71. The largest absolute Gasteiger partial charge is 0.387 e. The Labute approximate surface area is 156 Å². The van der Waals surface area contributed by atoms with Crippen molar-refractivity contribution in [2.75, 3.05) is 6.61 Å². The van der Waals surface area contributed by atoms with Gasteiger partial charge < -0.3 is 24.4 Å². The van der Waals surface area contributed by atoms with Crippen molar-refractivity contribution in [2.24, 2.45) is 0 Å². The van der Waals surface area contributed by atoms with E-state index in [9.17, 15) is 10.2 Å². The molecule has 6 atom stereocenters. The second kappa shape index (κ2) is 8.08. The third kappa shape index (κ3) is 3.81. The van der Waals surface area contributed by atoms with Gasteiger partial charge in [0.2, 0.25) is 0 Å². The van der Waals surface area contributed by atoms with E-state index in [4.69, 9.17) is 14.2 Å². The zero-order valence-electron chi connectivity index (χ0n) is 14.2. The third-order valence-electron chi connectivity index (χ3n) is 4.66. The van der Waals surface area contributed by atoms with Crippen molar-refractivity contribution in [1.82, 2.24) is 0 Å². The summed E-state index contributed by atoms with van der Waals surface area (Å²) in [6, 6.07) is 19.5. The van der Waals surface area contributed by atoms with E-state index < -0.39 is 36.1 Å². The highest BCUT2D eigenvalue weighted by Gasteiger charge is 2.48. The van der Waals surface area contributed by atoms with Crippen molar-refractivity contribution < 1.29 is 24.4 Å². The van der Waals surface area contributed by atoms with Gasteiger partial charge in [0.1, 0.15) is 29.9 Å². The van der Waals surface area contributed by atoms with Crippen LogP contribution in [-0.2, 0) is 20.0 Å². The Morgan fingerprint density at radius 1 is 0.885 bits per heavy atom. The van der Waals surface area contributed by atoms with Crippen molar-refractivity contribution in [3.63, 3.8) is 0 Å². The first-order valence-electron chi connectivity index (χ1n) is 8.71. The van der Waals surface area contributed by atoms with Crippen LogP contribution in [0.25, 0.3) is 0 Å². The Hall–Kier alpha value is -1.41. The van der Waals surface area contributed by atoms with Gasteiger partial charge >= 0.3 is 0 Å². The summed E-state index contributed by atoms with van der Waals surface area (Å²) < 4.78 is 17.7. The van der Waals surface area contributed by atoms with Gasteiger partial charge in [0.05, 0.1) is 6.61 Å². The van der Waals surface area contributed by atoms with Crippen LogP contribution in [0.1, 0.15) is 17.4 Å². The number of hydrogen-bond acceptors (Lipinski definition) is 6. The Balaban J connectivity index is 1.40. The van der Waals surface area contributed by atoms with Crippen LogP contribution in [0.2, 0.25) is 0 Å². The SMILES string of the molecule is O[C@@H]1[C@@H](O)[C@H](SCc2ccccc2)O[C@@H]2CO[C@@H](c3ccccc3)O[C@@H]12. The molecule has 0 saturated carbocycles. The number of rotatable bonds is 4. The summed E-state index contributed by atoms with van der Waals surface area (Å²) in [4.78, 5) is 0. The van der Waals surface area contributed by atoms with Gasteiger partial charge in [-0.15, -0.1) is 11.8 Å². The van der Waals surface area contributed by atoms with Crippen LogP contribution in [0.4, 0.5) is 0 Å². The van der Waals surface area contributed by atoms with Gasteiger partial charge in [-0.05, 0) is 5.56 Å². The molecule has 2 N–H and O–H groups in total.